The lowest BCUT2D eigenvalue weighted by Crippen LogP contribution is -2.39. The number of piperidine rings is 1. The van der Waals surface area contributed by atoms with Crippen molar-refractivity contribution >= 4 is 34.1 Å². The summed E-state index contributed by atoms with van der Waals surface area (Å²) in [5.74, 6) is -0.0415. The summed E-state index contributed by atoms with van der Waals surface area (Å²) in [4.78, 5) is 27.8. The zero-order chi connectivity index (χ0) is 38.7. The van der Waals surface area contributed by atoms with Crippen LogP contribution in [0.2, 0.25) is 0 Å². The summed E-state index contributed by atoms with van der Waals surface area (Å²) in [6.45, 7) is 3.56. The number of nitrogens with one attached hydrogen (secondary N) is 3. The van der Waals surface area contributed by atoms with E-state index in [0.717, 1.165) is 85.5 Å². The smallest absolute Gasteiger partial charge is 0.411 e. The maximum absolute atomic E-state index is 12.8. The van der Waals surface area contributed by atoms with E-state index in [2.05, 4.69) is 69.4 Å². The van der Waals surface area contributed by atoms with Crippen molar-refractivity contribution in [1.82, 2.24) is 14.8 Å². The second-order valence-corrected chi connectivity index (χ2v) is 14.3. The SMILES string of the molecule is O=C(Nc1ccccc1-c1ccccc1)OC1CCN(CCCc2ccccc2Nc2ccc(CCNCC(O)n3c(=O)ccc4cccc(O)c43)cc2)CC1. The molecule has 10 nitrogen and oxygen atoms in total. The topological polar surface area (TPSA) is 128 Å². The Morgan fingerprint density at radius 3 is 2.32 bits per heavy atom. The number of aromatic hydroxyl groups is 1. The number of anilines is 3. The van der Waals surface area contributed by atoms with Gasteiger partial charge in [0, 0.05) is 48.0 Å². The van der Waals surface area contributed by atoms with Gasteiger partial charge in [-0.25, -0.2) is 4.79 Å². The molecule has 2 heterocycles. The van der Waals surface area contributed by atoms with Crippen LogP contribution in [0.4, 0.5) is 21.9 Å². The molecule has 1 fully saturated rings. The van der Waals surface area contributed by atoms with E-state index in [9.17, 15) is 19.8 Å². The van der Waals surface area contributed by atoms with Gasteiger partial charge in [-0.05, 0) is 98.3 Å². The summed E-state index contributed by atoms with van der Waals surface area (Å²) in [5.41, 5.74) is 7.23. The number of benzene rings is 5. The lowest BCUT2D eigenvalue weighted by molar-refractivity contribution is 0.0587. The Balaban J connectivity index is 0.822. The molecule has 56 heavy (non-hydrogen) atoms. The molecule has 1 aliphatic rings. The molecule has 1 atom stereocenters. The van der Waals surface area contributed by atoms with Gasteiger partial charge in [0.2, 0.25) is 0 Å². The molecule has 0 spiro atoms. The summed E-state index contributed by atoms with van der Waals surface area (Å²) >= 11 is 0. The third kappa shape index (κ3) is 9.83. The molecule has 5 N–H and O–H groups in total. The number of aliphatic hydroxyl groups excluding tert-OH is 1. The van der Waals surface area contributed by atoms with E-state index in [-0.39, 0.29) is 24.0 Å². The van der Waals surface area contributed by atoms with Crippen LogP contribution in [-0.4, -0.2) is 64.6 Å². The molecular formula is C46H49N5O5. The van der Waals surface area contributed by atoms with E-state index in [1.807, 2.05) is 54.6 Å². The van der Waals surface area contributed by atoms with Gasteiger partial charge in [0.05, 0.1) is 11.2 Å². The standard InChI is InChI=1S/C46H49N5O5/c52-42-18-8-13-36-21-24-43(53)51(45(36)42)44(54)32-47-28-25-33-19-22-37(23-20-33)48-40-16-6-4-12-35(40)14-9-29-50-30-26-38(27-31-50)56-46(55)49-41-17-7-5-15-39(41)34-10-2-1-3-11-34/h1-8,10-13,15-24,38,44,47-48,52,54H,9,14,25-32H2,(H,49,55). The van der Waals surface area contributed by atoms with Crippen LogP contribution in [0.25, 0.3) is 22.0 Å². The average Bonchev–Trinajstić information content (AvgIpc) is 3.22. The molecule has 288 valence electrons. The molecule has 1 amide bonds. The van der Waals surface area contributed by atoms with E-state index in [0.29, 0.717) is 17.4 Å². The number of carbonyl (C=O) groups excluding carboxylic acids is 1. The summed E-state index contributed by atoms with van der Waals surface area (Å²) in [6.07, 6.45) is 2.73. The number of likely N-dealkylation sites (tertiary alicyclic amines) is 1. The summed E-state index contributed by atoms with van der Waals surface area (Å²) in [5, 5.41) is 31.6. The van der Waals surface area contributed by atoms with Gasteiger partial charge in [-0.1, -0.05) is 91.0 Å². The minimum absolute atomic E-state index is 0.0415. The van der Waals surface area contributed by atoms with Gasteiger partial charge in [-0.3, -0.25) is 14.7 Å². The van der Waals surface area contributed by atoms with Crippen molar-refractivity contribution in [2.75, 3.05) is 43.4 Å². The fourth-order valence-electron chi connectivity index (χ4n) is 7.41. The number of fused-ring (bicyclic) bond motifs is 1. The first kappa shape index (κ1) is 38.3. The molecule has 0 bridgehead atoms. The number of amides is 1. The van der Waals surface area contributed by atoms with Crippen LogP contribution in [0, 0.1) is 0 Å². The third-order valence-electron chi connectivity index (χ3n) is 10.4. The predicted molar refractivity (Wildman–Crippen MR) is 224 cm³/mol. The number of rotatable bonds is 15. The highest BCUT2D eigenvalue weighted by molar-refractivity contribution is 5.91. The van der Waals surface area contributed by atoms with Crippen LogP contribution < -0.4 is 21.5 Å². The highest BCUT2D eigenvalue weighted by Crippen LogP contribution is 2.29. The molecule has 1 saturated heterocycles. The number of phenols is 1. The third-order valence-corrected chi connectivity index (χ3v) is 10.4. The number of pyridine rings is 1. The molecule has 10 heteroatoms. The number of carbonyl (C=O) groups is 1. The first-order valence-electron chi connectivity index (χ1n) is 19.4. The molecular weight excluding hydrogens is 703 g/mol. The van der Waals surface area contributed by atoms with Gasteiger partial charge in [0.15, 0.2) is 0 Å². The van der Waals surface area contributed by atoms with Crippen molar-refractivity contribution in [3.05, 3.63) is 155 Å². The van der Waals surface area contributed by atoms with Gasteiger partial charge in [0.1, 0.15) is 18.1 Å². The summed E-state index contributed by atoms with van der Waals surface area (Å²) in [7, 11) is 0. The van der Waals surface area contributed by atoms with Crippen LogP contribution >= 0.6 is 0 Å². The van der Waals surface area contributed by atoms with Crippen molar-refractivity contribution in [2.24, 2.45) is 0 Å². The largest absolute Gasteiger partial charge is 0.506 e. The zero-order valence-corrected chi connectivity index (χ0v) is 31.4. The number of aromatic nitrogens is 1. The number of nitrogens with zero attached hydrogens (tertiary/aromatic N) is 2. The summed E-state index contributed by atoms with van der Waals surface area (Å²) in [6, 6.07) is 42.6. The maximum atomic E-state index is 12.8. The first-order chi connectivity index (χ1) is 27.4. The fraction of sp³-hybridized carbons (Fsp3) is 0.261. The van der Waals surface area contributed by atoms with Crippen molar-refractivity contribution < 1.29 is 19.7 Å². The minimum atomic E-state index is -1.12. The molecule has 7 rings (SSSR count). The normalized spacial score (nSPS) is 14.0. The van der Waals surface area contributed by atoms with E-state index < -0.39 is 12.3 Å². The van der Waals surface area contributed by atoms with Crippen LogP contribution in [0.5, 0.6) is 5.75 Å². The Labute approximate surface area is 327 Å². The Hall–Kier alpha value is -5.94. The number of phenolic OH excluding ortho intramolecular Hbond substituents is 1. The van der Waals surface area contributed by atoms with Crippen LogP contribution in [0.15, 0.2) is 138 Å². The molecule has 0 radical (unpaired) electrons. The average molecular weight is 752 g/mol. The molecule has 5 aromatic carbocycles. The van der Waals surface area contributed by atoms with Crippen LogP contribution in [0.3, 0.4) is 0 Å². The van der Waals surface area contributed by atoms with Crippen molar-refractivity contribution in [3.8, 4) is 16.9 Å². The fourth-order valence-corrected chi connectivity index (χ4v) is 7.41. The maximum Gasteiger partial charge on any atom is 0.411 e. The molecule has 0 aliphatic carbocycles. The van der Waals surface area contributed by atoms with Crippen LogP contribution in [-0.2, 0) is 17.6 Å². The van der Waals surface area contributed by atoms with E-state index in [1.165, 1.54) is 22.3 Å². The van der Waals surface area contributed by atoms with Crippen molar-refractivity contribution in [3.63, 3.8) is 0 Å². The first-order valence-corrected chi connectivity index (χ1v) is 19.4. The number of hydrogen-bond donors (Lipinski definition) is 5. The second kappa shape index (κ2) is 18.6. The number of para-hydroxylation sites is 3. The van der Waals surface area contributed by atoms with Gasteiger partial charge in [-0.15, -0.1) is 0 Å². The Bertz CT molecular complexity index is 2270. The van der Waals surface area contributed by atoms with E-state index in [4.69, 9.17) is 4.74 Å². The number of aryl methyl sites for hydroxylation is 1. The van der Waals surface area contributed by atoms with E-state index >= 15 is 0 Å². The number of hydrogen-bond acceptors (Lipinski definition) is 8. The lowest BCUT2D eigenvalue weighted by atomic mass is 10.0. The van der Waals surface area contributed by atoms with Gasteiger partial charge in [-0.2, -0.15) is 0 Å². The molecule has 1 aromatic heterocycles. The monoisotopic (exact) mass is 751 g/mol. The van der Waals surface area contributed by atoms with Crippen LogP contribution in [0.1, 0.15) is 36.6 Å². The van der Waals surface area contributed by atoms with Crippen molar-refractivity contribution in [1.29, 1.82) is 0 Å². The lowest BCUT2D eigenvalue weighted by Gasteiger charge is -2.31. The van der Waals surface area contributed by atoms with Crippen molar-refractivity contribution in [2.45, 2.75) is 44.4 Å². The highest BCUT2D eigenvalue weighted by Gasteiger charge is 2.23. The Morgan fingerprint density at radius 1 is 0.786 bits per heavy atom. The minimum Gasteiger partial charge on any atom is -0.506 e. The van der Waals surface area contributed by atoms with Gasteiger partial charge >= 0.3 is 6.09 Å². The Morgan fingerprint density at radius 2 is 1.52 bits per heavy atom. The van der Waals surface area contributed by atoms with Gasteiger partial charge in [0.25, 0.3) is 5.56 Å². The molecule has 6 aromatic rings. The number of ether oxygens (including phenoxy) is 1. The quantitative estimate of drug-likeness (QED) is 0.0667. The molecule has 1 aliphatic heterocycles. The number of aliphatic hydroxyl groups is 1. The Kier molecular flexibility index (Phi) is 12.7. The molecule has 0 saturated carbocycles. The summed E-state index contributed by atoms with van der Waals surface area (Å²) < 4.78 is 7.07. The predicted octanol–water partition coefficient (Wildman–Crippen LogP) is 8.09. The zero-order valence-electron chi connectivity index (χ0n) is 31.4. The van der Waals surface area contributed by atoms with E-state index in [1.54, 1.807) is 18.2 Å². The molecule has 1 unspecified atom stereocenters. The highest BCUT2D eigenvalue weighted by atomic mass is 16.6. The van der Waals surface area contributed by atoms with Gasteiger partial charge < -0.3 is 30.5 Å². The second-order valence-electron chi connectivity index (χ2n) is 14.3.